The molecule has 0 aliphatic rings. The van der Waals surface area contributed by atoms with E-state index < -0.39 is 0 Å². The average molecular weight is 444 g/mol. The Morgan fingerprint density at radius 3 is 2.33 bits per heavy atom. The van der Waals surface area contributed by atoms with Crippen LogP contribution in [0.4, 0.5) is 5.69 Å². The zero-order valence-electron chi connectivity index (χ0n) is 21.4. The fourth-order valence-electron chi connectivity index (χ4n) is 4.80. The van der Waals surface area contributed by atoms with E-state index in [-0.39, 0.29) is 10.8 Å². The van der Waals surface area contributed by atoms with Crippen molar-refractivity contribution in [2.45, 2.75) is 67.2 Å². The predicted molar refractivity (Wildman–Crippen MR) is 139 cm³/mol. The fraction of sp³-hybridized carbons (Fsp3) is 0.448. The molecule has 0 saturated heterocycles. The molecule has 0 aliphatic carbocycles. The first-order chi connectivity index (χ1) is 15.5. The number of anilines is 1. The molecule has 33 heavy (non-hydrogen) atoms. The number of aromatic nitrogens is 1. The molecule has 1 aromatic heterocycles. The SMILES string of the molecule is CCN(CC)c1ccc(C=C(C#N)c2nc3cc(C(C)(C)CC(C)(C)C)ccc3o2)c(C)c1. The first-order valence-electron chi connectivity index (χ1n) is 11.9. The second kappa shape index (κ2) is 9.43. The Hall–Kier alpha value is -3.06. The minimum absolute atomic E-state index is 0.0170. The van der Waals surface area contributed by atoms with E-state index in [1.165, 1.54) is 11.3 Å². The van der Waals surface area contributed by atoms with E-state index in [1.807, 2.05) is 12.1 Å². The van der Waals surface area contributed by atoms with Gasteiger partial charge in [-0.05, 0) is 85.1 Å². The molecule has 1 heterocycles. The van der Waals surface area contributed by atoms with Gasteiger partial charge >= 0.3 is 0 Å². The molecular weight excluding hydrogens is 406 g/mol. The molecule has 4 heteroatoms. The van der Waals surface area contributed by atoms with Crippen LogP contribution in [-0.2, 0) is 5.41 Å². The molecule has 174 valence electrons. The summed E-state index contributed by atoms with van der Waals surface area (Å²) in [5, 5.41) is 9.86. The summed E-state index contributed by atoms with van der Waals surface area (Å²) in [5.74, 6) is 0.366. The van der Waals surface area contributed by atoms with E-state index in [4.69, 9.17) is 4.42 Å². The lowest BCUT2D eigenvalue weighted by atomic mass is 9.72. The molecule has 0 bridgehead atoms. The minimum atomic E-state index is 0.0170. The van der Waals surface area contributed by atoms with Crippen LogP contribution in [-0.4, -0.2) is 18.1 Å². The first kappa shape index (κ1) is 24.6. The Morgan fingerprint density at radius 2 is 1.76 bits per heavy atom. The van der Waals surface area contributed by atoms with Gasteiger partial charge in [-0.25, -0.2) is 4.98 Å². The Kier molecular flexibility index (Phi) is 7.03. The molecule has 3 rings (SSSR count). The quantitative estimate of drug-likeness (QED) is 0.350. The van der Waals surface area contributed by atoms with Crippen LogP contribution in [0.3, 0.4) is 0 Å². The van der Waals surface area contributed by atoms with Crippen LogP contribution in [0.5, 0.6) is 0 Å². The zero-order valence-corrected chi connectivity index (χ0v) is 21.4. The van der Waals surface area contributed by atoms with E-state index in [2.05, 4.69) is 102 Å². The van der Waals surface area contributed by atoms with Crippen molar-refractivity contribution in [3.8, 4) is 6.07 Å². The Balaban J connectivity index is 1.96. The Labute approximate surface area is 198 Å². The summed E-state index contributed by atoms with van der Waals surface area (Å²) in [6, 6.07) is 14.8. The van der Waals surface area contributed by atoms with Gasteiger partial charge in [0, 0.05) is 18.8 Å². The summed E-state index contributed by atoms with van der Waals surface area (Å²) in [4.78, 5) is 7.00. The van der Waals surface area contributed by atoms with E-state index in [0.717, 1.165) is 36.2 Å². The maximum Gasteiger partial charge on any atom is 0.238 e. The maximum atomic E-state index is 9.86. The summed E-state index contributed by atoms with van der Waals surface area (Å²) < 4.78 is 5.99. The fourth-order valence-corrected chi connectivity index (χ4v) is 4.80. The van der Waals surface area contributed by atoms with E-state index in [0.29, 0.717) is 17.0 Å². The molecule has 0 N–H and O–H groups in total. The van der Waals surface area contributed by atoms with Gasteiger partial charge in [0.05, 0.1) is 0 Å². The first-order valence-corrected chi connectivity index (χ1v) is 11.9. The molecule has 0 atom stereocenters. The molecule has 0 saturated carbocycles. The van der Waals surface area contributed by atoms with Crippen LogP contribution < -0.4 is 4.90 Å². The smallest absolute Gasteiger partial charge is 0.238 e. The normalized spacial score (nSPS) is 12.8. The minimum Gasteiger partial charge on any atom is -0.435 e. The summed E-state index contributed by atoms with van der Waals surface area (Å²) >= 11 is 0. The molecule has 0 radical (unpaired) electrons. The van der Waals surface area contributed by atoms with E-state index in [9.17, 15) is 5.26 Å². The van der Waals surface area contributed by atoms with Crippen molar-refractivity contribution in [1.82, 2.24) is 4.98 Å². The van der Waals surface area contributed by atoms with E-state index >= 15 is 0 Å². The monoisotopic (exact) mass is 443 g/mol. The molecule has 0 amide bonds. The van der Waals surface area contributed by atoms with Gasteiger partial charge in [0.25, 0.3) is 0 Å². The van der Waals surface area contributed by atoms with Gasteiger partial charge < -0.3 is 9.32 Å². The predicted octanol–water partition coefficient (Wildman–Crippen LogP) is 7.76. The van der Waals surface area contributed by atoms with Crippen LogP contribution in [0.1, 0.15) is 77.5 Å². The summed E-state index contributed by atoms with van der Waals surface area (Å²) in [6.45, 7) is 19.7. The van der Waals surface area contributed by atoms with Gasteiger partial charge in [-0.3, -0.25) is 0 Å². The lowest BCUT2D eigenvalue weighted by Crippen LogP contribution is -2.24. The topological polar surface area (TPSA) is 53.1 Å². The van der Waals surface area contributed by atoms with Gasteiger partial charge in [0.1, 0.15) is 17.2 Å². The number of hydrogen-bond acceptors (Lipinski definition) is 4. The number of benzene rings is 2. The Bertz CT molecular complexity index is 1200. The van der Waals surface area contributed by atoms with E-state index in [1.54, 1.807) is 0 Å². The highest BCUT2D eigenvalue weighted by Crippen LogP contribution is 2.37. The highest BCUT2D eigenvalue weighted by molar-refractivity contribution is 5.89. The second-order valence-electron chi connectivity index (χ2n) is 10.7. The van der Waals surface area contributed by atoms with Crippen LogP contribution in [0, 0.1) is 23.7 Å². The molecule has 0 unspecified atom stereocenters. The van der Waals surface area contributed by atoms with Crippen LogP contribution in [0.25, 0.3) is 22.7 Å². The molecule has 3 aromatic rings. The molecular formula is C29H37N3O. The zero-order chi connectivity index (χ0) is 24.4. The number of aryl methyl sites for hydroxylation is 1. The van der Waals surface area contributed by atoms with Crippen molar-refractivity contribution < 1.29 is 4.42 Å². The third-order valence-electron chi connectivity index (χ3n) is 6.17. The van der Waals surface area contributed by atoms with Gasteiger partial charge in [0.15, 0.2) is 5.58 Å². The standard InChI is InChI=1S/C29H37N3O/c1-9-32(10-2)24-13-11-21(20(3)15-24)16-22(18-30)27-31-25-17-23(12-14-26(25)33-27)29(7,8)19-28(4,5)6/h11-17H,9-10,19H2,1-8H3. The summed E-state index contributed by atoms with van der Waals surface area (Å²) in [7, 11) is 0. The number of oxazole rings is 1. The lowest BCUT2D eigenvalue weighted by Gasteiger charge is -2.32. The highest BCUT2D eigenvalue weighted by atomic mass is 16.3. The molecule has 0 spiro atoms. The third kappa shape index (κ3) is 5.66. The van der Waals surface area contributed by atoms with Gasteiger partial charge in [0.2, 0.25) is 5.89 Å². The van der Waals surface area contributed by atoms with Crippen LogP contribution in [0.2, 0.25) is 0 Å². The van der Waals surface area contributed by atoms with Crippen molar-refractivity contribution in [3.63, 3.8) is 0 Å². The van der Waals surface area contributed by atoms with Gasteiger partial charge in [-0.15, -0.1) is 0 Å². The molecule has 0 aliphatic heterocycles. The summed E-state index contributed by atoms with van der Waals surface area (Å²) in [5.41, 5.74) is 6.71. The highest BCUT2D eigenvalue weighted by Gasteiger charge is 2.28. The van der Waals surface area contributed by atoms with Crippen molar-refractivity contribution >= 4 is 28.4 Å². The summed E-state index contributed by atoms with van der Waals surface area (Å²) in [6.07, 6.45) is 2.93. The lowest BCUT2D eigenvalue weighted by molar-refractivity contribution is 0.284. The van der Waals surface area contributed by atoms with Crippen molar-refractivity contribution in [2.75, 3.05) is 18.0 Å². The number of allylic oxidation sites excluding steroid dienone is 1. The van der Waals surface area contributed by atoms with Crippen LogP contribution in [0.15, 0.2) is 40.8 Å². The molecule has 0 fully saturated rings. The van der Waals surface area contributed by atoms with Crippen molar-refractivity contribution in [3.05, 3.63) is 59.0 Å². The van der Waals surface area contributed by atoms with Crippen LogP contribution >= 0.6 is 0 Å². The van der Waals surface area contributed by atoms with Gasteiger partial charge in [-0.1, -0.05) is 46.8 Å². The van der Waals surface area contributed by atoms with Gasteiger partial charge in [-0.2, -0.15) is 5.26 Å². The number of rotatable bonds is 7. The maximum absolute atomic E-state index is 9.86. The molecule has 4 nitrogen and oxygen atoms in total. The second-order valence-corrected chi connectivity index (χ2v) is 10.7. The number of hydrogen-bond donors (Lipinski definition) is 0. The largest absolute Gasteiger partial charge is 0.435 e. The number of nitriles is 1. The Morgan fingerprint density at radius 1 is 1.06 bits per heavy atom. The van der Waals surface area contributed by atoms with Crippen molar-refractivity contribution in [2.24, 2.45) is 5.41 Å². The average Bonchev–Trinajstić information content (AvgIpc) is 3.15. The van der Waals surface area contributed by atoms with Crippen molar-refractivity contribution in [1.29, 1.82) is 5.26 Å². The number of fused-ring (bicyclic) bond motifs is 1. The third-order valence-corrected chi connectivity index (χ3v) is 6.17. The number of nitrogens with zero attached hydrogens (tertiary/aromatic N) is 3. The molecule has 2 aromatic carbocycles.